The number of aromatic nitrogens is 1. The first-order chi connectivity index (χ1) is 20.6. The Morgan fingerprint density at radius 2 is 1.48 bits per heavy atom. The lowest BCUT2D eigenvalue weighted by Gasteiger charge is -2.23. The van der Waals surface area contributed by atoms with Crippen molar-refractivity contribution in [3.63, 3.8) is 0 Å². The molecule has 3 aliphatic rings. The molecule has 0 saturated heterocycles. The first-order valence-electron chi connectivity index (χ1n) is 15.1. The van der Waals surface area contributed by atoms with Crippen LogP contribution in [-0.2, 0) is 11.8 Å². The Bertz CT molecular complexity index is 2400. The Morgan fingerprint density at radius 3 is 2.38 bits per heavy atom. The number of hydrogen-bond donors (Lipinski definition) is 0. The first-order valence-corrected chi connectivity index (χ1v) is 15.1. The molecule has 0 aliphatic heterocycles. The molecular weight excluding hydrogens is 506 g/mol. The zero-order chi connectivity index (χ0) is 27.7. The minimum Gasteiger partial charge on any atom is -0.308 e. The van der Waals surface area contributed by atoms with Crippen LogP contribution in [0.2, 0.25) is 0 Å². The molecule has 0 spiro atoms. The van der Waals surface area contributed by atoms with Crippen molar-refractivity contribution in [1.82, 2.24) is 4.40 Å². The van der Waals surface area contributed by atoms with Gasteiger partial charge in [-0.25, -0.2) is 0 Å². The third kappa shape index (κ3) is 2.79. The molecular formula is C41H29N. The van der Waals surface area contributed by atoms with Crippen LogP contribution in [0.1, 0.15) is 36.2 Å². The molecule has 0 saturated carbocycles. The molecule has 1 heteroatoms. The molecule has 3 aliphatic carbocycles. The monoisotopic (exact) mass is 535 g/mol. The summed E-state index contributed by atoms with van der Waals surface area (Å²) in [5, 5.41) is 6.69. The molecule has 0 fully saturated rings. The van der Waals surface area contributed by atoms with Gasteiger partial charge in [-0.2, -0.15) is 0 Å². The predicted molar refractivity (Wildman–Crippen MR) is 178 cm³/mol. The Kier molecular flexibility index (Phi) is 4.17. The second kappa shape index (κ2) is 7.69. The summed E-state index contributed by atoms with van der Waals surface area (Å²) in [5.41, 5.74) is 15.1. The van der Waals surface area contributed by atoms with Crippen LogP contribution in [0, 0.1) is 5.92 Å². The molecule has 1 unspecified atom stereocenters. The van der Waals surface area contributed by atoms with E-state index in [2.05, 4.69) is 140 Å². The fraction of sp³-hybridized carbons (Fsp3) is 0.122. The van der Waals surface area contributed by atoms with Crippen molar-refractivity contribution >= 4 is 44.0 Å². The zero-order valence-corrected chi connectivity index (χ0v) is 23.8. The number of benzene rings is 5. The Hall–Kier alpha value is -4.88. The van der Waals surface area contributed by atoms with Crippen LogP contribution >= 0.6 is 0 Å². The maximum Gasteiger partial charge on any atom is 0.0617 e. The molecule has 7 aromatic rings. The van der Waals surface area contributed by atoms with Crippen LogP contribution in [0.3, 0.4) is 0 Å². The van der Waals surface area contributed by atoms with Crippen molar-refractivity contribution in [1.29, 1.82) is 0 Å². The largest absolute Gasteiger partial charge is 0.308 e. The molecule has 10 rings (SSSR count). The minimum absolute atomic E-state index is 0.0150. The summed E-state index contributed by atoms with van der Waals surface area (Å²) in [6, 6.07) is 34.6. The van der Waals surface area contributed by atoms with Gasteiger partial charge in [-0.15, -0.1) is 0 Å². The summed E-state index contributed by atoms with van der Waals surface area (Å²) in [6.45, 7) is 4.75. The van der Waals surface area contributed by atoms with Gasteiger partial charge in [-0.1, -0.05) is 98.8 Å². The van der Waals surface area contributed by atoms with Gasteiger partial charge in [-0.3, -0.25) is 0 Å². The van der Waals surface area contributed by atoms with Crippen LogP contribution in [0.25, 0.3) is 66.3 Å². The van der Waals surface area contributed by atoms with Crippen molar-refractivity contribution < 1.29 is 0 Å². The van der Waals surface area contributed by atoms with Gasteiger partial charge in [0.25, 0.3) is 0 Å². The molecule has 0 amide bonds. The summed E-state index contributed by atoms with van der Waals surface area (Å²) < 4.78 is 2.56. The fourth-order valence-electron chi connectivity index (χ4n) is 8.32. The number of rotatable bonds is 1. The summed E-state index contributed by atoms with van der Waals surface area (Å²) in [6.07, 6.45) is 12.6. The van der Waals surface area contributed by atoms with E-state index in [9.17, 15) is 0 Å². The summed E-state index contributed by atoms with van der Waals surface area (Å²) >= 11 is 0. The van der Waals surface area contributed by atoms with E-state index in [1.165, 1.54) is 88.2 Å². The van der Waals surface area contributed by atoms with E-state index < -0.39 is 0 Å². The first kappa shape index (κ1) is 22.8. The summed E-state index contributed by atoms with van der Waals surface area (Å²) in [5.74, 6) is 0.448. The van der Waals surface area contributed by atoms with E-state index in [0.717, 1.165) is 6.42 Å². The lowest BCUT2D eigenvalue weighted by atomic mass is 9.81. The number of hydrogen-bond acceptors (Lipinski definition) is 0. The van der Waals surface area contributed by atoms with E-state index in [1.54, 1.807) is 0 Å². The van der Waals surface area contributed by atoms with E-state index in [1.807, 2.05) is 0 Å². The molecule has 0 bridgehead atoms. The van der Waals surface area contributed by atoms with E-state index in [0.29, 0.717) is 5.92 Å². The predicted octanol–water partition coefficient (Wildman–Crippen LogP) is 10.5. The summed E-state index contributed by atoms with van der Waals surface area (Å²) in [4.78, 5) is 0. The highest BCUT2D eigenvalue weighted by atomic mass is 14.9. The molecule has 5 aromatic carbocycles. The number of allylic oxidation sites excluding steroid dienone is 5. The minimum atomic E-state index is -0.0150. The molecule has 2 heterocycles. The smallest absolute Gasteiger partial charge is 0.0617 e. The lowest BCUT2D eigenvalue weighted by Crippen LogP contribution is -2.14. The average molecular weight is 536 g/mol. The second-order valence-corrected chi connectivity index (χ2v) is 13.0. The molecule has 2 aromatic heterocycles. The normalized spacial score (nSPS) is 18.0. The average Bonchev–Trinajstić information content (AvgIpc) is 3.60. The highest BCUT2D eigenvalue weighted by Gasteiger charge is 2.35. The van der Waals surface area contributed by atoms with Crippen molar-refractivity contribution in [3.8, 4) is 22.3 Å². The third-order valence-electron chi connectivity index (χ3n) is 10.4. The van der Waals surface area contributed by atoms with Crippen molar-refractivity contribution in [3.05, 3.63) is 143 Å². The topological polar surface area (TPSA) is 4.41 Å². The van der Waals surface area contributed by atoms with Crippen LogP contribution < -0.4 is 0 Å². The molecule has 0 radical (unpaired) electrons. The van der Waals surface area contributed by atoms with Crippen LogP contribution in [0.5, 0.6) is 0 Å². The quantitative estimate of drug-likeness (QED) is 0.197. The van der Waals surface area contributed by atoms with E-state index >= 15 is 0 Å². The number of nitrogens with zero attached hydrogens (tertiary/aromatic N) is 1. The van der Waals surface area contributed by atoms with Gasteiger partial charge in [0, 0.05) is 27.5 Å². The van der Waals surface area contributed by atoms with Crippen LogP contribution in [0.4, 0.5) is 0 Å². The van der Waals surface area contributed by atoms with Crippen molar-refractivity contribution in [2.45, 2.75) is 25.7 Å². The van der Waals surface area contributed by atoms with Gasteiger partial charge in [0.2, 0.25) is 0 Å². The maximum absolute atomic E-state index is 2.56. The lowest BCUT2D eigenvalue weighted by molar-refractivity contribution is 0.660. The highest BCUT2D eigenvalue weighted by molar-refractivity contribution is 6.20. The molecule has 1 nitrogen and oxygen atoms in total. The third-order valence-corrected chi connectivity index (χ3v) is 10.4. The van der Waals surface area contributed by atoms with Crippen molar-refractivity contribution in [2.24, 2.45) is 5.92 Å². The fourth-order valence-corrected chi connectivity index (χ4v) is 8.32. The van der Waals surface area contributed by atoms with Gasteiger partial charge in [0.1, 0.15) is 0 Å². The number of fused-ring (bicyclic) bond motifs is 11. The summed E-state index contributed by atoms with van der Waals surface area (Å²) in [7, 11) is 0. The standard InChI is InChI=1S/C41H29N/c1-41(2)36-14-8-7-13-30(36)31-16-15-28(21-37(31)41)29-19-34-32-17-24-9-3-5-11-26(24)22-38(32)42-39-23-27-12-6-4-10-25(27)18-33(39)35(20-29)40(34)42/h3-17,19-23,25H,18H2,1-2H3. The molecule has 198 valence electrons. The molecule has 42 heavy (non-hydrogen) atoms. The van der Waals surface area contributed by atoms with Gasteiger partial charge in [0.15, 0.2) is 0 Å². The Morgan fingerprint density at radius 1 is 0.690 bits per heavy atom. The molecule has 0 N–H and O–H groups in total. The second-order valence-electron chi connectivity index (χ2n) is 13.0. The maximum atomic E-state index is 2.56. The van der Waals surface area contributed by atoms with Gasteiger partial charge < -0.3 is 4.40 Å². The molecule has 1 atom stereocenters. The Balaban J connectivity index is 1.29. The van der Waals surface area contributed by atoms with Gasteiger partial charge in [0.05, 0.1) is 16.7 Å². The highest BCUT2D eigenvalue weighted by Crippen LogP contribution is 2.50. The van der Waals surface area contributed by atoms with Crippen molar-refractivity contribution in [2.75, 3.05) is 0 Å². The van der Waals surface area contributed by atoms with Gasteiger partial charge in [-0.05, 0) is 98.1 Å². The van der Waals surface area contributed by atoms with Crippen LogP contribution in [-0.4, -0.2) is 4.40 Å². The van der Waals surface area contributed by atoms with Crippen LogP contribution in [0.15, 0.2) is 121 Å². The van der Waals surface area contributed by atoms with E-state index in [4.69, 9.17) is 0 Å². The SMILES string of the molecule is CC1(C)c2ccccc2-c2ccc(-c3cc4c5c(n6c7cc8ccccc8cc7c(c3)c46)C=C3C=CC=CC3C5)cc21. The Labute approximate surface area is 245 Å². The van der Waals surface area contributed by atoms with E-state index in [-0.39, 0.29) is 5.41 Å². The zero-order valence-electron chi connectivity index (χ0n) is 23.8. The van der Waals surface area contributed by atoms with Gasteiger partial charge >= 0.3 is 0 Å².